The summed E-state index contributed by atoms with van der Waals surface area (Å²) < 4.78 is 5.27. The van der Waals surface area contributed by atoms with Crippen molar-refractivity contribution >= 4 is 28.1 Å². The molecule has 0 radical (unpaired) electrons. The number of nitrogens with two attached hydrogens (primary N) is 1. The predicted octanol–water partition coefficient (Wildman–Crippen LogP) is 3.58. The van der Waals surface area contributed by atoms with E-state index in [9.17, 15) is 0 Å². The second kappa shape index (κ2) is 5.75. The molecule has 0 atom stereocenters. The highest BCUT2D eigenvalue weighted by atomic mass is 32.2. The minimum absolute atomic E-state index is 0.530. The Hall–Kier alpha value is -1.01. The number of thioether (sulfide) groups is 1. The number of aromatic nitrogens is 2. The number of rotatable bonds is 5. The third kappa shape index (κ3) is 3.05. The van der Waals surface area contributed by atoms with E-state index in [1.807, 2.05) is 6.07 Å². The zero-order valence-corrected chi connectivity index (χ0v) is 12.4. The molecule has 2 rings (SSSR count). The van der Waals surface area contributed by atoms with Crippen LogP contribution in [0.15, 0.2) is 10.6 Å². The van der Waals surface area contributed by atoms with Crippen LogP contribution in [-0.4, -0.2) is 15.4 Å². The average Bonchev–Trinajstić information content (AvgIpc) is 2.92. The van der Waals surface area contributed by atoms with Gasteiger partial charge in [0, 0.05) is 4.88 Å². The lowest BCUT2D eigenvalue weighted by molar-refractivity contribution is 0.425. The Morgan fingerprint density at radius 1 is 1.50 bits per heavy atom. The van der Waals surface area contributed by atoms with Gasteiger partial charge in [-0.05, 0) is 17.7 Å². The Labute approximate surface area is 115 Å². The molecule has 2 aromatic heterocycles. The smallest absolute Gasteiger partial charge is 0.260 e. The van der Waals surface area contributed by atoms with Crippen LogP contribution in [0.3, 0.4) is 0 Å². The number of nitrogens with zero attached hydrogens (tertiary/aromatic N) is 2. The maximum Gasteiger partial charge on any atom is 0.260 e. The molecule has 4 nitrogen and oxygen atoms in total. The van der Waals surface area contributed by atoms with Crippen LogP contribution in [0.1, 0.15) is 31.5 Å². The van der Waals surface area contributed by atoms with Crippen LogP contribution in [0.4, 0.5) is 5.00 Å². The first kappa shape index (κ1) is 13.4. The van der Waals surface area contributed by atoms with E-state index in [1.54, 1.807) is 23.1 Å². The van der Waals surface area contributed by atoms with E-state index in [0.717, 1.165) is 28.6 Å². The van der Waals surface area contributed by atoms with Crippen LogP contribution in [-0.2, 0) is 12.2 Å². The van der Waals surface area contributed by atoms with Crippen LogP contribution in [0, 0.1) is 0 Å². The van der Waals surface area contributed by atoms with Crippen molar-refractivity contribution < 1.29 is 4.52 Å². The van der Waals surface area contributed by atoms with Gasteiger partial charge in [-0.15, -0.1) is 11.3 Å². The summed E-state index contributed by atoms with van der Waals surface area (Å²) in [6, 6.07) is 2.03. The van der Waals surface area contributed by atoms with Crippen LogP contribution >= 0.6 is 23.1 Å². The summed E-state index contributed by atoms with van der Waals surface area (Å²) in [5.41, 5.74) is 6.83. The Morgan fingerprint density at radius 3 is 2.89 bits per heavy atom. The van der Waals surface area contributed by atoms with Crippen LogP contribution in [0.2, 0.25) is 0 Å². The van der Waals surface area contributed by atoms with Gasteiger partial charge < -0.3 is 10.3 Å². The Kier molecular flexibility index (Phi) is 4.29. The Morgan fingerprint density at radius 2 is 2.28 bits per heavy atom. The van der Waals surface area contributed by atoms with Crippen molar-refractivity contribution in [3.63, 3.8) is 0 Å². The van der Waals surface area contributed by atoms with Crippen LogP contribution < -0.4 is 5.73 Å². The molecule has 2 heterocycles. The number of hydrogen-bond donors (Lipinski definition) is 1. The molecule has 0 aliphatic carbocycles. The molecule has 18 heavy (non-hydrogen) atoms. The molecule has 0 fully saturated rings. The first-order valence-corrected chi connectivity index (χ1v) is 7.79. The largest absolute Gasteiger partial charge is 0.390 e. The molecule has 2 N–H and O–H groups in total. The Balaban J connectivity index is 2.15. The Bertz CT molecular complexity index is 519. The number of nitrogen functional groups attached to an aromatic ring is 1. The van der Waals surface area contributed by atoms with Gasteiger partial charge in [0.2, 0.25) is 0 Å². The quantitative estimate of drug-likeness (QED) is 0.908. The molecule has 0 amide bonds. The minimum atomic E-state index is 0.530. The molecular weight excluding hydrogens is 266 g/mol. The van der Waals surface area contributed by atoms with E-state index in [0.29, 0.717) is 11.1 Å². The fourth-order valence-corrected chi connectivity index (χ4v) is 2.92. The first-order valence-electron chi connectivity index (χ1n) is 5.93. The summed E-state index contributed by atoms with van der Waals surface area (Å²) in [5.74, 6) is 2.03. The van der Waals surface area contributed by atoms with Gasteiger partial charge in [-0.3, -0.25) is 0 Å². The molecule has 0 saturated heterocycles. The molecule has 0 aliphatic heterocycles. The van der Waals surface area contributed by atoms with Gasteiger partial charge in [-0.1, -0.05) is 25.9 Å². The van der Waals surface area contributed by atoms with Crippen LogP contribution in [0.25, 0.3) is 11.5 Å². The van der Waals surface area contributed by atoms with E-state index in [-0.39, 0.29) is 0 Å². The molecule has 0 aromatic carbocycles. The molecule has 6 heteroatoms. The third-order valence-electron chi connectivity index (χ3n) is 2.40. The second-order valence-electron chi connectivity index (χ2n) is 4.22. The summed E-state index contributed by atoms with van der Waals surface area (Å²) in [6.45, 7) is 6.40. The lowest BCUT2D eigenvalue weighted by Gasteiger charge is -1.98. The summed E-state index contributed by atoms with van der Waals surface area (Å²) in [4.78, 5) is 5.62. The summed E-state index contributed by atoms with van der Waals surface area (Å²) in [6.07, 6.45) is 0.971. The topological polar surface area (TPSA) is 64.9 Å². The number of thiophene rings is 1. The molecule has 0 bridgehead atoms. The highest BCUT2D eigenvalue weighted by Crippen LogP contribution is 2.33. The molecule has 0 aliphatic rings. The predicted molar refractivity (Wildman–Crippen MR) is 77.8 cm³/mol. The molecular formula is C12H17N3OS2. The maximum absolute atomic E-state index is 5.97. The standard InChI is InChI=1S/C12H17N3OS2/c1-4-8-5-9(11(13)18-8)12-14-10(15-16-12)6-17-7(2)3/h5,7H,4,6,13H2,1-3H3. The molecule has 0 spiro atoms. The van der Waals surface area contributed by atoms with E-state index in [4.69, 9.17) is 10.3 Å². The summed E-state index contributed by atoms with van der Waals surface area (Å²) in [5, 5.41) is 5.29. The minimum Gasteiger partial charge on any atom is -0.390 e. The van der Waals surface area contributed by atoms with Crippen molar-refractivity contribution in [2.24, 2.45) is 0 Å². The summed E-state index contributed by atoms with van der Waals surface area (Å²) >= 11 is 3.37. The average molecular weight is 283 g/mol. The zero-order chi connectivity index (χ0) is 13.1. The molecule has 0 saturated carbocycles. The van der Waals surface area contributed by atoms with Crippen molar-refractivity contribution in [3.8, 4) is 11.5 Å². The van der Waals surface area contributed by atoms with Crippen molar-refractivity contribution in [3.05, 3.63) is 16.8 Å². The van der Waals surface area contributed by atoms with Crippen molar-refractivity contribution in [2.75, 3.05) is 5.73 Å². The van der Waals surface area contributed by atoms with Gasteiger partial charge in [0.05, 0.1) is 16.3 Å². The van der Waals surface area contributed by atoms with Gasteiger partial charge in [0.15, 0.2) is 5.82 Å². The second-order valence-corrected chi connectivity index (χ2v) is 6.95. The van der Waals surface area contributed by atoms with Gasteiger partial charge in [0.25, 0.3) is 5.89 Å². The van der Waals surface area contributed by atoms with E-state index < -0.39 is 0 Å². The SMILES string of the molecule is CCc1cc(-c2nc(CSC(C)C)no2)c(N)s1. The fraction of sp³-hybridized carbons (Fsp3) is 0.500. The normalized spacial score (nSPS) is 11.3. The first-order chi connectivity index (χ1) is 8.60. The maximum atomic E-state index is 5.97. The van der Waals surface area contributed by atoms with Crippen molar-refractivity contribution in [2.45, 2.75) is 38.2 Å². The number of anilines is 1. The fourth-order valence-electron chi connectivity index (χ4n) is 1.46. The molecule has 98 valence electrons. The van der Waals surface area contributed by atoms with Crippen molar-refractivity contribution in [1.29, 1.82) is 0 Å². The third-order valence-corrected chi connectivity index (χ3v) is 4.60. The van der Waals surface area contributed by atoms with Crippen molar-refractivity contribution in [1.82, 2.24) is 10.1 Å². The zero-order valence-electron chi connectivity index (χ0n) is 10.8. The van der Waals surface area contributed by atoms with Gasteiger partial charge in [-0.2, -0.15) is 16.7 Å². The van der Waals surface area contributed by atoms with E-state index in [1.165, 1.54) is 4.88 Å². The van der Waals surface area contributed by atoms with E-state index >= 15 is 0 Å². The highest BCUT2D eigenvalue weighted by molar-refractivity contribution is 7.99. The molecule has 2 aromatic rings. The van der Waals surface area contributed by atoms with E-state index in [2.05, 4.69) is 30.9 Å². The highest BCUT2D eigenvalue weighted by Gasteiger charge is 2.15. The van der Waals surface area contributed by atoms with Crippen LogP contribution in [0.5, 0.6) is 0 Å². The monoisotopic (exact) mass is 283 g/mol. The number of aryl methyl sites for hydroxylation is 1. The number of hydrogen-bond acceptors (Lipinski definition) is 6. The van der Waals surface area contributed by atoms with Gasteiger partial charge >= 0.3 is 0 Å². The lowest BCUT2D eigenvalue weighted by atomic mass is 10.2. The lowest BCUT2D eigenvalue weighted by Crippen LogP contribution is -1.90. The van der Waals surface area contributed by atoms with Gasteiger partial charge in [-0.25, -0.2) is 0 Å². The summed E-state index contributed by atoms with van der Waals surface area (Å²) in [7, 11) is 0. The van der Waals surface area contributed by atoms with Gasteiger partial charge in [0.1, 0.15) is 0 Å². The molecule has 0 unspecified atom stereocenters.